The van der Waals surface area contributed by atoms with Crippen LogP contribution in [0.3, 0.4) is 0 Å². The normalized spacial score (nSPS) is 11.3. The first-order valence-corrected chi connectivity index (χ1v) is 8.49. The van der Waals surface area contributed by atoms with Crippen LogP contribution < -0.4 is 4.90 Å². The van der Waals surface area contributed by atoms with Crippen LogP contribution in [0.4, 0.5) is 11.4 Å². The largest absolute Gasteiger partial charge is 0.339 e. The van der Waals surface area contributed by atoms with Crippen LogP contribution in [-0.2, 0) is 0 Å². The van der Waals surface area contributed by atoms with E-state index < -0.39 is 0 Å². The standard InChI is InChI=1S/C23H21N/c1-17(2)24(22-13-11-18-7-3-5-9-20(18)15-22)23-14-12-19-8-4-6-10-21(19)16-23/h3-17H,1-2H3. The van der Waals surface area contributed by atoms with E-state index in [1.165, 1.54) is 32.9 Å². The SMILES string of the molecule is CC(C)N(c1ccc2ccccc2c1)c1ccc2ccccc2c1. The van der Waals surface area contributed by atoms with Crippen LogP contribution in [0.2, 0.25) is 0 Å². The third-order valence-electron chi connectivity index (χ3n) is 4.54. The first kappa shape index (κ1) is 14.8. The highest BCUT2D eigenvalue weighted by Crippen LogP contribution is 2.32. The molecule has 0 bridgehead atoms. The maximum Gasteiger partial charge on any atom is 0.0419 e. The minimum atomic E-state index is 0.382. The Hall–Kier alpha value is -2.80. The van der Waals surface area contributed by atoms with Crippen LogP contribution in [0.25, 0.3) is 21.5 Å². The van der Waals surface area contributed by atoms with Crippen molar-refractivity contribution in [3.8, 4) is 0 Å². The number of fused-ring (bicyclic) bond motifs is 2. The molecule has 0 saturated heterocycles. The molecule has 118 valence electrons. The van der Waals surface area contributed by atoms with Gasteiger partial charge in [0.2, 0.25) is 0 Å². The number of hydrogen-bond acceptors (Lipinski definition) is 1. The highest BCUT2D eigenvalue weighted by Gasteiger charge is 2.14. The Kier molecular flexibility index (Phi) is 3.70. The molecule has 0 aliphatic heterocycles. The van der Waals surface area contributed by atoms with Crippen LogP contribution in [-0.4, -0.2) is 6.04 Å². The summed E-state index contributed by atoms with van der Waals surface area (Å²) in [6, 6.07) is 30.9. The molecule has 4 aromatic rings. The first-order valence-electron chi connectivity index (χ1n) is 8.49. The van der Waals surface area contributed by atoms with Gasteiger partial charge in [0.1, 0.15) is 0 Å². The van der Waals surface area contributed by atoms with E-state index >= 15 is 0 Å². The zero-order valence-corrected chi connectivity index (χ0v) is 14.1. The van der Waals surface area contributed by atoms with Crippen molar-refractivity contribution in [2.75, 3.05) is 4.90 Å². The second-order valence-electron chi connectivity index (χ2n) is 6.53. The molecule has 1 heteroatoms. The molecule has 0 radical (unpaired) electrons. The molecule has 0 amide bonds. The van der Waals surface area contributed by atoms with Crippen LogP contribution in [0.1, 0.15) is 13.8 Å². The fourth-order valence-corrected chi connectivity index (χ4v) is 3.40. The molecule has 0 N–H and O–H groups in total. The molecule has 0 heterocycles. The summed E-state index contributed by atoms with van der Waals surface area (Å²) in [5, 5.41) is 5.12. The van der Waals surface area contributed by atoms with Gasteiger partial charge in [0, 0.05) is 17.4 Å². The molecule has 0 atom stereocenters. The van der Waals surface area contributed by atoms with Crippen molar-refractivity contribution >= 4 is 32.9 Å². The Morgan fingerprint density at radius 1 is 0.542 bits per heavy atom. The maximum atomic E-state index is 2.40. The van der Waals surface area contributed by atoms with E-state index in [1.807, 2.05) is 0 Å². The van der Waals surface area contributed by atoms with E-state index in [1.54, 1.807) is 0 Å². The molecule has 4 aromatic carbocycles. The van der Waals surface area contributed by atoms with E-state index in [4.69, 9.17) is 0 Å². The fraction of sp³-hybridized carbons (Fsp3) is 0.130. The van der Waals surface area contributed by atoms with Gasteiger partial charge in [0.05, 0.1) is 0 Å². The summed E-state index contributed by atoms with van der Waals surface area (Å²) in [5.74, 6) is 0. The van der Waals surface area contributed by atoms with Crippen molar-refractivity contribution in [1.82, 2.24) is 0 Å². The number of hydrogen-bond donors (Lipinski definition) is 0. The molecule has 0 fully saturated rings. The minimum Gasteiger partial charge on any atom is -0.339 e. The molecule has 0 spiro atoms. The van der Waals surface area contributed by atoms with Gasteiger partial charge in [0.25, 0.3) is 0 Å². The topological polar surface area (TPSA) is 3.24 Å². The van der Waals surface area contributed by atoms with Gasteiger partial charge < -0.3 is 4.90 Å². The van der Waals surface area contributed by atoms with Crippen LogP contribution in [0, 0.1) is 0 Å². The van der Waals surface area contributed by atoms with Crippen molar-refractivity contribution in [3.05, 3.63) is 84.9 Å². The number of rotatable bonds is 3. The Bertz CT molecular complexity index is 921. The smallest absolute Gasteiger partial charge is 0.0419 e. The summed E-state index contributed by atoms with van der Waals surface area (Å²) >= 11 is 0. The third kappa shape index (κ3) is 2.63. The lowest BCUT2D eigenvalue weighted by atomic mass is 10.1. The molecule has 0 aromatic heterocycles. The van der Waals surface area contributed by atoms with Gasteiger partial charge in [-0.1, -0.05) is 60.7 Å². The van der Waals surface area contributed by atoms with E-state index in [9.17, 15) is 0 Å². The Balaban J connectivity index is 1.85. The van der Waals surface area contributed by atoms with E-state index in [2.05, 4.69) is 104 Å². The summed E-state index contributed by atoms with van der Waals surface area (Å²) in [5.41, 5.74) is 2.47. The van der Waals surface area contributed by atoms with Gasteiger partial charge in [-0.15, -0.1) is 0 Å². The summed E-state index contributed by atoms with van der Waals surface area (Å²) in [4.78, 5) is 2.40. The molecule has 0 unspecified atom stereocenters. The van der Waals surface area contributed by atoms with E-state index in [0.29, 0.717) is 6.04 Å². The fourth-order valence-electron chi connectivity index (χ4n) is 3.40. The second kappa shape index (κ2) is 6.01. The van der Waals surface area contributed by atoms with Gasteiger partial charge >= 0.3 is 0 Å². The zero-order valence-electron chi connectivity index (χ0n) is 14.1. The molecule has 4 rings (SSSR count). The van der Waals surface area contributed by atoms with Gasteiger partial charge in [-0.3, -0.25) is 0 Å². The maximum absolute atomic E-state index is 2.40. The summed E-state index contributed by atoms with van der Waals surface area (Å²) in [7, 11) is 0. The average Bonchev–Trinajstić information content (AvgIpc) is 2.61. The predicted octanol–water partition coefficient (Wildman–Crippen LogP) is 6.54. The van der Waals surface area contributed by atoms with Gasteiger partial charge in [-0.05, 0) is 59.7 Å². The van der Waals surface area contributed by atoms with Crippen LogP contribution in [0.5, 0.6) is 0 Å². The second-order valence-corrected chi connectivity index (χ2v) is 6.53. The molecular weight excluding hydrogens is 290 g/mol. The molecule has 0 saturated carbocycles. The van der Waals surface area contributed by atoms with Crippen molar-refractivity contribution in [1.29, 1.82) is 0 Å². The highest BCUT2D eigenvalue weighted by atomic mass is 15.2. The molecule has 24 heavy (non-hydrogen) atoms. The van der Waals surface area contributed by atoms with Crippen LogP contribution >= 0.6 is 0 Å². The molecular formula is C23H21N. The molecule has 0 aliphatic rings. The van der Waals surface area contributed by atoms with Crippen LogP contribution in [0.15, 0.2) is 84.9 Å². The van der Waals surface area contributed by atoms with Crippen molar-refractivity contribution in [2.45, 2.75) is 19.9 Å². The van der Waals surface area contributed by atoms with Crippen molar-refractivity contribution in [3.63, 3.8) is 0 Å². The Labute approximate surface area is 143 Å². The average molecular weight is 311 g/mol. The third-order valence-corrected chi connectivity index (χ3v) is 4.54. The Morgan fingerprint density at radius 2 is 0.958 bits per heavy atom. The minimum absolute atomic E-state index is 0.382. The number of benzene rings is 4. The number of anilines is 2. The summed E-state index contributed by atoms with van der Waals surface area (Å²) in [6.45, 7) is 4.48. The van der Waals surface area contributed by atoms with Gasteiger partial charge in [-0.25, -0.2) is 0 Å². The number of nitrogens with zero attached hydrogens (tertiary/aromatic N) is 1. The summed E-state index contributed by atoms with van der Waals surface area (Å²) in [6.07, 6.45) is 0. The lowest BCUT2D eigenvalue weighted by molar-refractivity contribution is 0.790. The first-order chi connectivity index (χ1) is 11.7. The molecule has 1 nitrogen and oxygen atoms in total. The van der Waals surface area contributed by atoms with E-state index in [-0.39, 0.29) is 0 Å². The summed E-state index contributed by atoms with van der Waals surface area (Å²) < 4.78 is 0. The lowest BCUT2D eigenvalue weighted by Crippen LogP contribution is -2.25. The van der Waals surface area contributed by atoms with E-state index in [0.717, 1.165) is 0 Å². The predicted molar refractivity (Wildman–Crippen MR) is 105 cm³/mol. The quantitative estimate of drug-likeness (QED) is 0.415. The van der Waals surface area contributed by atoms with Crippen molar-refractivity contribution in [2.24, 2.45) is 0 Å². The van der Waals surface area contributed by atoms with Gasteiger partial charge in [-0.2, -0.15) is 0 Å². The van der Waals surface area contributed by atoms with Crippen molar-refractivity contribution < 1.29 is 0 Å². The highest BCUT2D eigenvalue weighted by molar-refractivity contribution is 5.89. The van der Waals surface area contributed by atoms with Gasteiger partial charge in [0.15, 0.2) is 0 Å². The lowest BCUT2D eigenvalue weighted by Gasteiger charge is -2.29. The molecule has 0 aliphatic carbocycles. The monoisotopic (exact) mass is 311 g/mol. The Morgan fingerprint density at radius 3 is 1.38 bits per heavy atom. The zero-order chi connectivity index (χ0) is 16.5.